The molecule has 1 unspecified atom stereocenters. The van der Waals surface area contributed by atoms with Crippen LogP contribution in [-0.2, 0) is 9.84 Å². The van der Waals surface area contributed by atoms with Crippen LogP contribution in [0, 0.1) is 19.8 Å². The van der Waals surface area contributed by atoms with Gasteiger partial charge < -0.3 is 5.32 Å². The summed E-state index contributed by atoms with van der Waals surface area (Å²) in [6.45, 7) is 11.0. The van der Waals surface area contributed by atoms with Gasteiger partial charge in [0.25, 0.3) is 0 Å². The molecular formula is C17H29NO2S. The van der Waals surface area contributed by atoms with E-state index in [2.05, 4.69) is 38.2 Å². The Hall–Kier alpha value is -0.870. The number of rotatable bonds is 8. The van der Waals surface area contributed by atoms with Crippen LogP contribution in [0.2, 0.25) is 0 Å². The minimum atomic E-state index is -3.04. The van der Waals surface area contributed by atoms with Crippen molar-refractivity contribution in [3.05, 3.63) is 34.9 Å². The molecule has 0 spiro atoms. The van der Waals surface area contributed by atoms with Gasteiger partial charge in [-0.25, -0.2) is 8.42 Å². The van der Waals surface area contributed by atoms with E-state index in [0.717, 1.165) is 18.5 Å². The third-order valence-electron chi connectivity index (χ3n) is 3.58. The van der Waals surface area contributed by atoms with Crippen LogP contribution in [0.5, 0.6) is 0 Å². The highest BCUT2D eigenvalue weighted by atomic mass is 32.2. The fourth-order valence-electron chi connectivity index (χ4n) is 2.40. The summed E-state index contributed by atoms with van der Waals surface area (Å²) in [6, 6.07) is 6.10. The molecule has 21 heavy (non-hydrogen) atoms. The zero-order valence-electron chi connectivity index (χ0n) is 13.9. The second-order valence-electron chi connectivity index (χ2n) is 6.32. The Kier molecular flexibility index (Phi) is 6.88. The van der Waals surface area contributed by atoms with E-state index in [-0.39, 0.29) is 23.5 Å². The van der Waals surface area contributed by atoms with E-state index in [1.54, 1.807) is 0 Å². The fraction of sp³-hybridized carbons (Fsp3) is 0.647. The minimum absolute atomic E-state index is 0.118. The molecule has 0 saturated heterocycles. The predicted molar refractivity (Wildman–Crippen MR) is 90.4 cm³/mol. The van der Waals surface area contributed by atoms with Crippen LogP contribution in [0.4, 0.5) is 0 Å². The molecule has 0 aliphatic rings. The Labute approximate surface area is 130 Å². The molecule has 1 atom stereocenters. The summed E-state index contributed by atoms with van der Waals surface area (Å²) < 4.78 is 24.6. The van der Waals surface area contributed by atoms with Gasteiger partial charge in [-0.05, 0) is 49.4 Å². The van der Waals surface area contributed by atoms with Crippen molar-refractivity contribution in [3.8, 4) is 0 Å². The van der Waals surface area contributed by atoms with Crippen LogP contribution in [0.15, 0.2) is 18.2 Å². The first kappa shape index (κ1) is 18.2. The van der Waals surface area contributed by atoms with Gasteiger partial charge in [-0.2, -0.15) is 0 Å². The summed E-state index contributed by atoms with van der Waals surface area (Å²) in [5.41, 5.74) is 3.51. The first-order valence-electron chi connectivity index (χ1n) is 7.76. The molecule has 1 rings (SSSR count). The molecule has 0 aliphatic heterocycles. The molecule has 0 saturated carbocycles. The lowest BCUT2D eigenvalue weighted by Crippen LogP contribution is -2.30. The van der Waals surface area contributed by atoms with E-state index < -0.39 is 9.84 Å². The maximum absolute atomic E-state index is 12.3. The Balaban J connectivity index is 2.97. The zero-order valence-corrected chi connectivity index (χ0v) is 14.8. The van der Waals surface area contributed by atoms with Crippen LogP contribution in [0.3, 0.4) is 0 Å². The highest BCUT2D eigenvalue weighted by molar-refractivity contribution is 7.91. The van der Waals surface area contributed by atoms with Crippen molar-refractivity contribution in [2.45, 2.75) is 47.1 Å². The van der Waals surface area contributed by atoms with Crippen LogP contribution >= 0.6 is 0 Å². The minimum Gasteiger partial charge on any atom is -0.309 e. The normalized spacial score (nSPS) is 13.6. The first-order chi connectivity index (χ1) is 9.75. The van der Waals surface area contributed by atoms with Crippen LogP contribution < -0.4 is 5.32 Å². The van der Waals surface area contributed by atoms with Crippen molar-refractivity contribution in [1.82, 2.24) is 5.32 Å². The largest absolute Gasteiger partial charge is 0.309 e. The quantitative estimate of drug-likeness (QED) is 0.800. The molecule has 0 bridgehead atoms. The van der Waals surface area contributed by atoms with Crippen LogP contribution in [-0.4, -0.2) is 26.5 Å². The second-order valence-corrected chi connectivity index (χ2v) is 8.47. The van der Waals surface area contributed by atoms with Gasteiger partial charge in [-0.3, -0.25) is 0 Å². The summed E-state index contributed by atoms with van der Waals surface area (Å²) in [5, 5.41) is 3.38. The number of sulfone groups is 1. The standard InChI is InChI=1S/C17H29NO2S/c1-6-9-18-17(12-21(19,20)11-13(2)3)16-8-7-14(4)15(5)10-16/h7-8,10,13,17-18H,6,9,11-12H2,1-5H3. The van der Waals surface area contributed by atoms with Crippen LogP contribution in [0.25, 0.3) is 0 Å². The molecule has 0 aromatic heterocycles. The smallest absolute Gasteiger partial charge is 0.152 e. The Morgan fingerprint density at radius 2 is 1.76 bits per heavy atom. The summed E-state index contributed by atoms with van der Waals surface area (Å²) in [4.78, 5) is 0. The first-order valence-corrected chi connectivity index (χ1v) is 9.58. The lowest BCUT2D eigenvalue weighted by Gasteiger charge is -2.20. The molecule has 0 heterocycles. The predicted octanol–water partition coefficient (Wildman–Crippen LogP) is 3.41. The molecule has 1 N–H and O–H groups in total. The topological polar surface area (TPSA) is 46.2 Å². The van der Waals surface area contributed by atoms with Gasteiger partial charge in [-0.15, -0.1) is 0 Å². The molecular weight excluding hydrogens is 282 g/mol. The highest BCUT2D eigenvalue weighted by Crippen LogP contribution is 2.20. The number of benzene rings is 1. The number of hydrogen-bond acceptors (Lipinski definition) is 3. The Morgan fingerprint density at radius 1 is 1.10 bits per heavy atom. The third kappa shape index (κ3) is 6.18. The molecule has 4 heteroatoms. The van der Waals surface area contributed by atoms with E-state index >= 15 is 0 Å². The molecule has 0 aliphatic carbocycles. The van der Waals surface area contributed by atoms with E-state index in [1.165, 1.54) is 11.1 Å². The van der Waals surface area contributed by atoms with Gasteiger partial charge in [0.15, 0.2) is 9.84 Å². The fourth-order valence-corrected chi connectivity index (χ4v) is 4.37. The average molecular weight is 311 g/mol. The molecule has 3 nitrogen and oxygen atoms in total. The van der Waals surface area contributed by atoms with Crippen LogP contribution in [0.1, 0.15) is 49.9 Å². The SMILES string of the molecule is CCCNC(CS(=O)(=O)CC(C)C)c1ccc(C)c(C)c1. The maximum atomic E-state index is 12.3. The summed E-state index contributed by atoms with van der Waals surface area (Å²) in [5.74, 6) is 0.595. The number of nitrogens with one attached hydrogen (secondary N) is 1. The monoisotopic (exact) mass is 311 g/mol. The van der Waals surface area contributed by atoms with Crippen molar-refractivity contribution in [1.29, 1.82) is 0 Å². The van der Waals surface area contributed by atoms with Gasteiger partial charge in [-0.1, -0.05) is 39.0 Å². The second kappa shape index (κ2) is 7.95. The Bertz CT molecular complexity index is 550. The third-order valence-corrected chi connectivity index (χ3v) is 5.60. The van der Waals surface area contributed by atoms with E-state index in [4.69, 9.17) is 0 Å². The molecule has 0 amide bonds. The van der Waals surface area contributed by atoms with Gasteiger partial charge in [0.05, 0.1) is 11.5 Å². The summed E-state index contributed by atoms with van der Waals surface area (Å²) in [7, 11) is -3.04. The van der Waals surface area contributed by atoms with E-state index in [0.29, 0.717) is 0 Å². The number of hydrogen-bond donors (Lipinski definition) is 1. The summed E-state index contributed by atoms with van der Waals surface area (Å²) >= 11 is 0. The van der Waals surface area contributed by atoms with Gasteiger partial charge in [0.1, 0.15) is 0 Å². The van der Waals surface area contributed by atoms with Crippen molar-refractivity contribution in [2.24, 2.45) is 5.92 Å². The van der Waals surface area contributed by atoms with Gasteiger partial charge >= 0.3 is 0 Å². The molecule has 1 aromatic rings. The van der Waals surface area contributed by atoms with Gasteiger partial charge in [0.2, 0.25) is 0 Å². The highest BCUT2D eigenvalue weighted by Gasteiger charge is 2.21. The van der Waals surface area contributed by atoms with Crippen molar-refractivity contribution in [2.75, 3.05) is 18.1 Å². The average Bonchev–Trinajstić information content (AvgIpc) is 2.36. The molecule has 120 valence electrons. The number of aryl methyl sites for hydroxylation is 2. The summed E-state index contributed by atoms with van der Waals surface area (Å²) in [6.07, 6.45) is 0.992. The van der Waals surface area contributed by atoms with Crippen molar-refractivity contribution >= 4 is 9.84 Å². The van der Waals surface area contributed by atoms with Crippen molar-refractivity contribution in [3.63, 3.8) is 0 Å². The zero-order chi connectivity index (χ0) is 16.0. The molecule has 0 radical (unpaired) electrons. The van der Waals surface area contributed by atoms with E-state index in [9.17, 15) is 8.42 Å². The van der Waals surface area contributed by atoms with E-state index in [1.807, 2.05) is 19.9 Å². The van der Waals surface area contributed by atoms with Gasteiger partial charge in [0, 0.05) is 6.04 Å². The molecule has 0 fully saturated rings. The van der Waals surface area contributed by atoms with Crippen molar-refractivity contribution < 1.29 is 8.42 Å². The lowest BCUT2D eigenvalue weighted by atomic mass is 10.0. The molecule has 1 aromatic carbocycles. The maximum Gasteiger partial charge on any atom is 0.152 e. The lowest BCUT2D eigenvalue weighted by molar-refractivity contribution is 0.540. The Morgan fingerprint density at radius 3 is 2.29 bits per heavy atom.